The van der Waals surface area contributed by atoms with E-state index in [1.54, 1.807) is 0 Å². The number of hydrogen-bond acceptors (Lipinski definition) is 2. The lowest BCUT2D eigenvalue weighted by molar-refractivity contribution is 0.429. The molecule has 1 aromatic heterocycles. The van der Waals surface area contributed by atoms with E-state index < -0.39 is 0 Å². The van der Waals surface area contributed by atoms with Crippen LogP contribution in [-0.2, 0) is 6.54 Å². The minimum Gasteiger partial charge on any atom is -0.494 e. The highest BCUT2D eigenvalue weighted by Crippen LogP contribution is 2.28. The third-order valence-electron chi connectivity index (χ3n) is 4.00. The Morgan fingerprint density at radius 3 is 2.38 bits per heavy atom. The molecule has 0 spiro atoms. The zero-order valence-electron chi connectivity index (χ0n) is 13.1. The van der Waals surface area contributed by atoms with Gasteiger partial charge >= 0.3 is 0 Å². The smallest absolute Gasteiger partial charge is 0.199 e. The van der Waals surface area contributed by atoms with Crippen LogP contribution < -0.4 is 4.74 Å². The van der Waals surface area contributed by atoms with Crippen LogP contribution >= 0.6 is 0 Å². The molecule has 0 atom stereocenters. The third kappa shape index (κ3) is 2.84. The van der Waals surface area contributed by atoms with Crippen molar-refractivity contribution < 1.29 is 9.84 Å². The topological polar surface area (TPSA) is 34.4 Å². The van der Waals surface area contributed by atoms with E-state index in [2.05, 4.69) is 0 Å². The molecule has 118 valence electrons. The maximum absolute atomic E-state index is 10.4. The maximum atomic E-state index is 10.4. The second-order valence-electron chi connectivity index (χ2n) is 5.73. The lowest BCUT2D eigenvalue weighted by Crippen LogP contribution is -1.97. The third-order valence-corrected chi connectivity index (χ3v) is 4.00. The highest BCUT2D eigenvalue weighted by molar-refractivity contribution is 5.87. The zero-order chi connectivity index (χ0) is 16.4. The molecule has 0 saturated carbocycles. The molecule has 1 heterocycles. The average Bonchev–Trinajstić information content (AvgIpc) is 2.92. The summed E-state index contributed by atoms with van der Waals surface area (Å²) in [5, 5.41) is 12.3. The van der Waals surface area contributed by atoms with E-state index in [0.717, 1.165) is 27.8 Å². The van der Waals surface area contributed by atoms with E-state index in [4.69, 9.17) is 4.74 Å². The first kappa shape index (κ1) is 14.4. The normalized spacial score (nSPS) is 10.8. The van der Waals surface area contributed by atoms with Crippen molar-refractivity contribution in [2.24, 2.45) is 0 Å². The molecule has 4 aromatic rings. The Kier molecular flexibility index (Phi) is 3.67. The van der Waals surface area contributed by atoms with E-state index in [-0.39, 0.29) is 0 Å². The van der Waals surface area contributed by atoms with Gasteiger partial charge in [-0.1, -0.05) is 48.5 Å². The standard InChI is InChI=1S/C21H17NO2/c23-21-20-12-5-4-8-17(20)15-22(21)14-16-7-6-11-19(13-16)24-18-9-2-1-3-10-18/h1-13,15,23H,14H2. The van der Waals surface area contributed by atoms with Crippen LogP contribution in [0.15, 0.2) is 85.1 Å². The van der Waals surface area contributed by atoms with Gasteiger partial charge in [0.1, 0.15) is 11.5 Å². The van der Waals surface area contributed by atoms with Crippen LogP contribution in [-0.4, -0.2) is 9.67 Å². The van der Waals surface area contributed by atoms with Gasteiger partial charge < -0.3 is 14.4 Å². The van der Waals surface area contributed by atoms with E-state index in [0.29, 0.717) is 12.4 Å². The van der Waals surface area contributed by atoms with Gasteiger partial charge in [0.05, 0.1) is 6.54 Å². The van der Waals surface area contributed by atoms with Gasteiger partial charge in [-0.3, -0.25) is 0 Å². The number of fused-ring (bicyclic) bond motifs is 1. The fraction of sp³-hybridized carbons (Fsp3) is 0.0476. The Bertz CT molecular complexity index is 973. The van der Waals surface area contributed by atoms with Crippen molar-refractivity contribution in [1.29, 1.82) is 0 Å². The van der Waals surface area contributed by atoms with Crippen molar-refractivity contribution in [3.8, 4) is 17.4 Å². The van der Waals surface area contributed by atoms with Crippen molar-refractivity contribution in [3.63, 3.8) is 0 Å². The summed E-state index contributed by atoms with van der Waals surface area (Å²) in [5.74, 6) is 1.89. The lowest BCUT2D eigenvalue weighted by Gasteiger charge is -2.09. The number of rotatable bonds is 4. The number of nitrogens with zero attached hydrogens (tertiary/aromatic N) is 1. The fourth-order valence-corrected chi connectivity index (χ4v) is 2.85. The van der Waals surface area contributed by atoms with Crippen LogP contribution in [0.5, 0.6) is 17.4 Å². The summed E-state index contributed by atoms with van der Waals surface area (Å²) in [5.41, 5.74) is 1.07. The van der Waals surface area contributed by atoms with Crippen LogP contribution in [0.4, 0.5) is 0 Å². The van der Waals surface area contributed by atoms with Gasteiger partial charge in [-0.05, 0) is 35.9 Å². The molecule has 24 heavy (non-hydrogen) atoms. The summed E-state index contributed by atoms with van der Waals surface area (Å²) in [4.78, 5) is 0. The van der Waals surface area contributed by atoms with Gasteiger partial charge in [0.25, 0.3) is 0 Å². The van der Waals surface area contributed by atoms with Crippen LogP contribution in [0.3, 0.4) is 0 Å². The molecule has 0 aliphatic rings. The number of para-hydroxylation sites is 1. The first-order valence-electron chi connectivity index (χ1n) is 7.88. The minimum absolute atomic E-state index is 0.292. The molecule has 0 amide bonds. The summed E-state index contributed by atoms with van der Waals surface area (Å²) in [6.07, 6.45) is 1.97. The molecule has 0 aliphatic heterocycles. The molecular formula is C21H17NO2. The molecule has 0 radical (unpaired) electrons. The Morgan fingerprint density at radius 2 is 1.54 bits per heavy atom. The number of aromatic nitrogens is 1. The van der Waals surface area contributed by atoms with Crippen molar-refractivity contribution in [2.75, 3.05) is 0 Å². The molecule has 3 nitrogen and oxygen atoms in total. The second kappa shape index (κ2) is 6.13. The Hall–Kier alpha value is -3.20. The molecule has 1 N–H and O–H groups in total. The largest absolute Gasteiger partial charge is 0.494 e. The number of hydrogen-bond donors (Lipinski definition) is 1. The van der Waals surface area contributed by atoms with Crippen molar-refractivity contribution in [2.45, 2.75) is 6.54 Å². The average molecular weight is 315 g/mol. The molecule has 0 fully saturated rings. The summed E-state index contributed by atoms with van der Waals surface area (Å²) in [6, 6.07) is 25.5. The monoisotopic (exact) mass is 315 g/mol. The fourth-order valence-electron chi connectivity index (χ4n) is 2.85. The first-order chi connectivity index (χ1) is 11.8. The lowest BCUT2D eigenvalue weighted by atomic mass is 10.2. The van der Waals surface area contributed by atoms with Gasteiger partial charge in [-0.15, -0.1) is 0 Å². The van der Waals surface area contributed by atoms with Crippen LogP contribution in [0.2, 0.25) is 0 Å². The number of benzene rings is 3. The molecular weight excluding hydrogens is 298 g/mol. The quantitative estimate of drug-likeness (QED) is 0.562. The predicted octanol–water partition coefficient (Wildman–Crippen LogP) is 5.19. The van der Waals surface area contributed by atoms with Crippen molar-refractivity contribution >= 4 is 10.8 Å². The van der Waals surface area contributed by atoms with E-state index >= 15 is 0 Å². The molecule has 0 unspecified atom stereocenters. The van der Waals surface area contributed by atoms with Gasteiger partial charge in [0.2, 0.25) is 0 Å². The van der Waals surface area contributed by atoms with Crippen LogP contribution in [0.1, 0.15) is 5.56 Å². The second-order valence-corrected chi connectivity index (χ2v) is 5.73. The molecule has 0 saturated heterocycles. The zero-order valence-corrected chi connectivity index (χ0v) is 13.1. The summed E-state index contributed by atoms with van der Waals surface area (Å²) >= 11 is 0. The van der Waals surface area contributed by atoms with E-state index in [9.17, 15) is 5.11 Å². The van der Waals surface area contributed by atoms with E-state index in [1.165, 1.54) is 0 Å². The summed E-state index contributed by atoms with van der Waals surface area (Å²) < 4.78 is 7.73. The van der Waals surface area contributed by atoms with Crippen LogP contribution in [0, 0.1) is 0 Å². The Morgan fingerprint density at radius 1 is 0.792 bits per heavy atom. The van der Waals surface area contributed by atoms with E-state index in [1.807, 2.05) is 89.6 Å². The number of aromatic hydroxyl groups is 1. The minimum atomic E-state index is 0.292. The Labute approximate surface area is 140 Å². The van der Waals surface area contributed by atoms with Crippen molar-refractivity contribution in [3.05, 3.63) is 90.6 Å². The SMILES string of the molecule is Oc1c2ccccc2cn1Cc1cccc(Oc2ccccc2)c1. The molecule has 0 aliphatic carbocycles. The van der Waals surface area contributed by atoms with Gasteiger partial charge in [0, 0.05) is 17.0 Å². The highest BCUT2D eigenvalue weighted by Gasteiger charge is 2.08. The molecule has 3 heteroatoms. The summed E-state index contributed by atoms with van der Waals surface area (Å²) in [7, 11) is 0. The van der Waals surface area contributed by atoms with Gasteiger partial charge in [-0.2, -0.15) is 0 Å². The maximum Gasteiger partial charge on any atom is 0.199 e. The predicted molar refractivity (Wildman–Crippen MR) is 95.7 cm³/mol. The highest BCUT2D eigenvalue weighted by atomic mass is 16.5. The molecule has 3 aromatic carbocycles. The number of ether oxygens (including phenoxy) is 1. The van der Waals surface area contributed by atoms with Crippen LogP contribution in [0.25, 0.3) is 10.8 Å². The first-order valence-corrected chi connectivity index (χ1v) is 7.88. The molecule has 0 bridgehead atoms. The summed E-state index contributed by atoms with van der Waals surface area (Å²) in [6.45, 7) is 0.590. The van der Waals surface area contributed by atoms with Gasteiger partial charge in [0.15, 0.2) is 5.88 Å². The van der Waals surface area contributed by atoms with Crippen molar-refractivity contribution in [1.82, 2.24) is 4.57 Å². The Balaban J connectivity index is 1.60. The molecule has 4 rings (SSSR count). The van der Waals surface area contributed by atoms with Gasteiger partial charge in [-0.25, -0.2) is 0 Å².